The molecule has 0 spiro atoms. The third kappa shape index (κ3) is 4.20. The molecule has 1 fully saturated rings. The van der Waals surface area contributed by atoms with Gasteiger partial charge in [0.25, 0.3) is 0 Å². The van der Waals surface area contributed by atoms with E-state index in [1.807, 2.05) is 36.4 Å². The summed E-state index contributed by atoms with van der Waals surface area (Å²) in [6.45, 7) is 2.23. The summed E-state index contributed by atoms with van der Waals surface area (Å²) in [6, 6.07) is 15.1. The molecular weight excluding hydrogens is 306 g/mol. The van der Waals surface area contributed by atoms with Crippen LogP contribution in [0.25, 0.3) is 0 Å². The van der Waals surface area contributed by atoms with Crippen LogP contribution in [0.3, 0.4) is 0 Å². The monoisotopic (exact) mass is 327 g/mol. The Morgan fingerprint density at radius 2 is 1.61 bits per heavy atom. The summed E-state index contributed by atoms with van der Waals surface area (Å²) in [5.41, 5.74) is 2.69. The van der Waals surface area contributed by atoms with Crippen LogP contribution < -0.4 is 15.5 Å². The molecule has 120 valence electrons. The summed E-state index contributed by atoms with van der Waals surface area (Å²) in [5, 5.41) is 5.65. The number of nitrogens with zero attached hydrogens (tertiary/aromatic N) is 1. The Bertz CT molecular complexity index is 666. The van der Waals surface area contributed by atoms with E-state index < -0.39 is 0 Å². The fourth-order valence-corrected chi connectivity index (χ4v) is 2.99. The van der Waals surface area contributed by atoms with Crippen LogP contribution in [0.1, 0.15) is 19.3 Å². The van der Waals surface area contributed by atoms with Crippen LogP contribution in [-0.4, -0.2) is 19.1 Å². The Labute approximate surface area is 142 Å². The van der Waals surface area contributed by atoms with Gasteiger partial charge in [-0.15, -0.1) is 12.6 Å². The van der Waals surface area contributed by atoms with Crippen LogP contribution >= 0.6 is 12.6 Å². The number of urea groups is 1. The van der Waals surface area contributed by atoms with Gasteiger partial charge in [0.15, 0.2) is 0 Å². The van der Waals surface area contributed by atoms with Gasteiger partial charge < -0.3 is 15.5 Å². The molecule has 0 aliphatic carbocycles. The van der Waals surface area contributed by atoms with E-state index in [-0.39, 0.29) is 6.03 Å². The molecule has 5 heteroatoms. The van der Waals surface area contributed by atoms with Crippen molar-refractivity contribution in [2.75, 3.05) is 28.6 Å². The highest BCUT2D eigenvalue weighted by Crippen LogP contribution is 2.22. The van der Waals surface area contributed by atoms with E-state index in [4.69, 9.17) is 0 Å². The normalized spacial score (nSPS) is 14.4. The molecule has 1 aliphatic rings. The molecule has 0 atom stereocenters. The van der Waals surface area contributed by atoms with Crippen molar-refractivity contribution >= 4 is 35.7 Å². The van der Waals surface area contributed by atoms with Crippen LogP contribution in [0.2, 0.25) is 0 Å². The highest BCUT2D eigenvalue weighted by atomic mass is 32.1. The number of carbonyl (C=O) groups is 1. The molecule has 1 aliphatic heterocycles. The molecule has 0 saturated carbocycles. The van der Waals surface area contributed by atoms with Crippen molar-refractivity contribution in [3.63, 3.8) is 0 Å². The molecule has 0 bridgehead atoms. The van der Waals surface area contributed by atoms with Crippen LogP contribution in [0, 0.1) is 0 Å². The summed E-state index contributed by atoms with van der Waals surface area (Å²) in [6.07, 6.45) is 3.83. The maximum absolute atomic E-state index is 12.1. The zero-order valence-electron chi connectivity index (χ0n) is 13.0. The van der Waals surface area contributed by atoms with Crippen molar-refractivity contribution in [2.45, 2.75) is 24.2 Å². The lowest BCUT2D eigenvalue weighted by Gasteiger charge is -2.28. The van der Waals surface area contributed by atoms with Gasteiger partial charge in [0, 0.05) is 29.4 Å². The molecule has 1 saturated heterocycles. The molecular formula is C18H21N3OS. The average molecular weight is 327 g/mol. The number of amides is 2. The summed E-state index contributed by atoms with van der Waals surface area (Å²) in [4.78, 5) is 15.2. The molecule has 2 aromatic rings. The highest BCUT2D eigenvalue weighted by molar-refractivity contribution is 7.80. The summed E-state index contributed by atoms with van der Waals surface area (Å²) in [5.74, 6) is 0. The van der Waals surface area contributed by atoms with E-state index >= 15 is 0 Å². The second-order valence-corrected chi connectivity index (χ2v) is 6.17. The predicted molar refractivity (Wildman–Crippen MR) is 98.8 cm³/mol. The Morgan fingerprint density at radius 1 is 0.913 bits per heavy atom. The zero-order valence-corrected chi connectivity index (χ0v) is 13.9. The van der Waals surface area contributed by atoms with Gasteiger partial charge in [-0.2, -0.15) is 0 Å². The first kappa shape index (κ1) is 15.7. The van der Waals surface area contributed by atoms with Gasteiger partial charge in [0.2, 0.25) is 0 Å². The van der Waals surface area contributed by atoms with Crippen molar-refractivity contribution in [1.82, 2.24) is 0 Å². The van der Waals surface area contributed by atoms with Crippen molar-refractivity contribution in [1.29, 1.82) is 0 Å². The number of nitrogens with one attached hydrogen (secondary N) is 2. The second kappa shape index (κ2) is 7.42. The van der Waals surface area contributed by atoms with Crippen LogP contribution in [0.15, 0.2) is 53.4 Å². The standard InChI is InChI=1S/C18H21N3OS/c22-18(20-16-6-2-3-7-17(16)23)19-14-8-10-15(11-9-14)21-12-4-1-5-13-21/h2-3,6-11,23H,1,4-5,12-13H2,(H2,19,20,22). The minimum absolute atomic E-state index is 0.266. The number of hydrogen-bond acceptors (Lipinski definition) is 3. The fraction of sp³-hybridized carbons (Fsp3) is 0.278. The molecule has 2 amide bonds. The van der Waals surface area contributed by atoms with E-state index in [0.29, 0.717) is 5.69 Å². The second-order valence-electron chi connectivity index (χ2n) is 5.69. The zero-order chi connectivity index (χ0) is 16.1. The summed E-state index contributed by atoms with van der Waals surface area (Å²) >= 11 is 4.32. The number of para-hydroxylation sites is 1. The van der Waals surface area contributed by atoms with E-state index in [0.717, 1.165) is 23.7 Å². The van der Waals surface area contributed by atoms with Gasteiger partial charge in [0.05, 0.1) is 5.69 Å². The van der Waals surface area contributed by atoms with Gasteiger partial charge in [-0.25, -0.2) is 4.79 Å². The van der Waals surface area contributed by atoms with Gasteiger partial charge in [-0.05, 0) is 55.7 Å². The highest BCUT2D eigenvalue weighted by Gasteiger charge is 2.11. The number of carbonyl (C=O) groups excluding carboxylic acids is 1. The Balaban J connectivity index is 1.59. The largest absolute Gasteiger partial charge is 0.372 e. The third-order valence-corrected chi connectivity index (χ3v) is 4.39. The first-order valence-corrected chi connectivity index (χ1v) is 8.38. The molecule has 2 aromatic carbocycles. The first-order chi connectivity index (χ1) is 11.2. The summed E-state index contributed by atoms with van der Waals surface area (Å²) < 4.78 is 0. The topological polar surface area (TPSA) is 44.4 Å². The minimum Gasteiger partial charge on any atom is -0.372 e. The number of hydrogen-bond donors (Lipinski definition) is 3. The van der Waals surface area contributed by atoms with Crippen molar-refractivity contribution < 1.29 is 4.79 Å². The minimum atomic E-state index is -0.266. The molecule has 0 radical (unpaired) electrons. The Kier molecular flexibility index (Phi) is 5.08. The lowest BCUT2D eigenvalue weighted by Crippen LogP contribution is -2.29. The van der Waals surface area contributed by atoms with Gasteiger partial charge in [0.1, 0.15) is 0 Å². The predicted octanol–water partition coefficient (Wildman–Crippen LogP) is 4.61. The lowest BCUT2D eigenvalue weighted by atomic mass is 10.1. The molecule has 1 heterocycles. The average Bonchev–Trinajstić information content (AvgIpc) is 2.58. The van der Waals surface area contributed by atoms with E-state index in [1.165, 1.54) is 24.9 Å². The first-order valence-electron chi connectivity index (χ1n) is 7.93. The third-order valence-electron chi connectivity index (χ3n) is 4.00. The van der Waals surface area contributed by atoms with E-state index in [2.05, 4.69) is 40.3 Å². The lowest BCUT2D eigenvalue weighted by molar-refractivity contribution is 0.262. The SMILES string of the molecule is O=C(Nc1ccc(N2CCCCC2)cc1)Nc1ccccc1S. The van der Waals surface area contributed by atoms with E-state index in [1.54, 1.807) is 0 Å². The maximum atomic E-state index is 12.1. The van der Waals surface area contributed by atoms with Crippen molar-refractivity contribution in [2.24, 2.45) is 0 Å². The molecule has 0 unspecified atom stereocenters. The van der Waals surface area contributed by atoms with Crippen LogP contribution in [0.5, 0.6) is 0 Å². The molecule has 2 N–H and O–H groups in total. The van der Waals surface area contributed by atoms with Crippen molar-refractivity contribution in [3.8, 4) is 0 Å². The molecule has 23 heavy (non-hydrogen) atoms. The molecule has 3 rings (SSSR count). The summed E-state index contributed by atoms with van der Waals surface area (Å²) in [7, 11) is 0. The molecule has 0 aromatic heterocycles. The van der Waals surface area contributed by atoms with Crippen LogP contribution in [-0.2, 0) is 0 Å². The Hall–Kier alpha value is -2.14. The van der Waals surface area contributed by atoms with Gasteiger partial charge >= 0.3 is 6.03 Å². The number of piperidine rings is 1. The smallest absolute Gasteiger partial charge is 0.323 e. The van der Waals surface area contributed by atoms with Gasteiger partial charge in [-0.1, -0.05) is 12.1 Å². The number of thiol groups is 1. The quantitative estimate of drug-likeness (QED) is 0.721. The number of benzene rings is 2. The Morgan fingerprint density at radius 3 is 2.30 bits per heavy atom. The van der Waals surface area contributed by atoms with Crippen LogP contribution in [0.4, 0.5) is 21.9 Å². The van der Waals surface area contributed by atoms with Crippen molar-refractivity contribution in [3.05, 3.63) is 48.5 Å². The van der Waals surface area contributed by atoms with Gasteiger partial charge in [-0.3, -0.25) is 0 Å². The molecule has 4 nitrogen and oxygen atoms in total. The number of anilines is 3. The van der Waals surface area contributed by atoms with E-state index in [9.17, 15) is 4.79 Å². The number of rotatable bonds is 3. The maximum Gasteiger partial charge on any atom is 0.323 e. The fourth-order valence-electron chi connectivity index (χ4n) is 2.77.